The minimum Gasteiger partial charge on any atom is -0.362 e. The van der Waals surface area contributed by atoms with E-state index in [1.54, 1.807) is 0 Å². The van der Waals surface area contributed by atoms with Crippen LogP contribution in [0.3, 0.4) is 0 Å². The highest BCUT2D eigenvalue weighted by Gasteiger charge is 1.97. The van der Waals surface area contributed by atoms with Crippen molar-refractivity contribution in [1.82, 2.24) is 10.7 Å². The summed E-state index contributed by atoms with van der Waals surface area (Å²) in [5.74, 6) is 0. The highest BCUT2D eigenvalue weighted by Crippen LogP contribution is 2.19. The van der Waals surface area contributed by atoms with Crippen LogP contribution in [0.2, 0.25) is 5.02 Å². The highest BCUT2D eigenvalue weighted by molar-refractivity contribution is 7.80. The van der Waals surface area contributed by atoms with E-state index >= 15 is 0 Å². The summed E-state index contributed by atoms with van der Waals surface area (Å²) >= 11 is 10.9. The van der Waals surface area contributed by atoms with Gasteiger partial charge in [-0.25, -0.2) is 0 Å². The first-order chi connectivity index (χ1) is 6.74. The molecular weight excluding hydrogens is 218 g/mol. The van der Waals surface area contributed by atoms with E-state index in [0.717, 1.165) is 12.2 Å². The van der Waals surface area contributed by atoms with Gasteiger partial charge in [-0.1, -0.05) is 23.7 Å². The monoisotopic (exact) mass is 229 g/mol. The number of thiocarbonyl (C=S) groups is 1. The van der Waals surface area contributed by atoms with E-state index in [4.69, 9.17) is 23.8 Å². The molecule has 0 aliphatic heterocycles. The molecule has 0 atom stereocenters. The second-order valence-corrected chi connectivity index (χ2v) is 3.40. The van der Waals surface area contributed by atoms with Crippen molar-refractivity contribution >= 4 is 34.6 Å². The maximum Gasteiger partial charge on any atom is 0.185 e. The molecule has 0 bridgehead atoms. The predicted molar refractivity (Wildman–Crippen MR) is 64.5 cm³/mol. The molecule has 3 N–H and O–H groups in total. The first-order valence-corrected chi connectivity index (χ1v) is 5.07. The van der Waals surface area contributed by atoms with E-state index < -0.39 is 0 Å². The molecule has 0 aromatic heterocycles. The van der Waals surface area contributed by atoms with Crippen molar-refractivity contribution in [3.63, 3.8) is 0 Å². The number of hydrazine groups is 1. The molecule has 0 saturated carbocycles. The van der Waals surface area contributed by atoms with Gasteiger partial charge in [-0.05, 0) is 31.3 Å². The number of rotatable bonds is 3. The van der Waals surface area contributed by atoms with Crippen molar-refractivity contribution in [3.05, 3.63) is 29.3 Å². The minimum absolute atomic E-state index is 0.549. The van der Waals surface area contributed by atoms with Gasteiger partial charge in [0.15, 0.2) is 5.11 Å². The van der Waals surface area contributed by atoms with Crippen LogP contribution in [0.5, 0.6) is 0 Å². The third kappa shape index (κ3) is 3.40. The summed E-state index contributed by atoms with van der Waals surface area (Å²) in [5, 5.41) is 4.15. The van der Waals surface area contributed by atoms with Crippen LogP contribution < -0.4 is 16.2 Å². The lowest BCUT2D eigenvalue weighted by Crippen LogP contribution is -2.38. The molecule has 1 aromatic carbocycles. The molecule has 1 aromatic rings. The lowest BCUT2D eigenvalue weighted by Gasteiger charge is -2.11. The molecule has 0 saturated heterocycles. The van der Waals surface area contributed by atoms with Gasteiger partial charge < -0.3 is 5.32 Å². The number of hydrogen-bond acceptors (Lipinski definition) is 2. The summed E-state index contributed by atoms with van der Waals surface area (Å²) in [7, 11) is 0. The lowest BCUT2D eigenvalue weighted by molar-refractivity contribution is 0.928. The third-order valence-corrected chi connectivity index (χ3v) is 2.10. The molecule has 0 aliphatic carbocycles. The Hall–Kier alpha value is -1.00. The molecule has 0 aliphatic rings. The third-order valence-electron chi connectivity index (χ3n) is 1.52. The first-order valence-electron chi connectivity index (χ1n) is 4.28. The molecule has 76 valence electrons. The van der Waals surface area contributed by atoms with E-state index in [9.17, 15) is 0 Å². The zero-order valence-electron chi connectivity index (χ0n) is 7.80. The van der Waals surface area contributed by atoms with E-state index in [-0.39, 0.29) is 0 Å². The predicted octanol–water partition coefficient (Wildman–Crippen LogP) is 2.15. The van der Waals surface area contributed by atoms with Crippen molar-refractivity contribution in [1.29, 1.82) is 0 Å². The smallest absolute Gasteiger partial charge is 0.185 e. The molecule has 0 amide bonds. The van der Waals surface area contributed by atoms with Gasteiger partial charge in [0, 0.05) is 6.54 Å². The summed E-state index contributed by atoms with van der Waals surface area (Å²) in [4.78, 5) is 0. The molecule has 0 heterocycles. The summed E-state index contributed by atoms with van der Waals surface area (Å²) in [6.45, 7) is 2.76. The van der Waals surface area contributed by atoms with Crippen LogP contribution in [0.25, 0.3) is 0 Å². The van der Waals surface area contributed by atoms with Crippen molar-refractivity contribution in [2.75, 3.05) is 12.0 Å². The van der Waals surface area contributed by atoms with E-state index in [2.05, 4.69) is 16.2 Å². The molecule has 14 heavy (non-hydrogen) atoms. The molecule has 1 rings (SSSR count). The average Bonchev–Trinajstić information content (AvgIpc) is 2.17. The molecule has 5 heteroatoms. The maximum atomic E-state index is 5.92. The largest absolute Gasteiger partial charge is 0.362 e. The second kappa shape index (κ2) is 5.67. The van der Waals surface area contributed by atoms with Crippen molar-refractivity contribution in [2.45, 2.75) is 6.92 Å². The standard InChI is InChI=1S/C9H12ClN3S/c1-2-11-9(14)13-12-8-6-4-3-5-7(8)10/h3-6,12H,2H2,1H3,(H2,11,13,14). The average molecular weight is 230 g/mol. The van der Waals surface area contributed by atoms with E-state index in [1.165, 1.54) is 0 Å². The molecule has 0 spiro atoms. The summed E-state index contributed by atoms with van der Waals surface area (Å²) in [5.41, 5.74) is 6.54. The minimum atomic E-state index is 0.549. The van der Waals surface area contributed by atoms with Gasteiger partial charge in [-0.3, -0.25) is 10.9 Å². The van der Waals surface area contributed by atoms with Crippen LogP contribution in [0.1, 0.15) is 6.92 Å². The zero-order valence-corrected chi connectivity index (χ0v) is 9.38. The van der Waals surface area contributed by atoms with Crippen LogP contribution in [0.4, 0.5) is 5.69 Å². The molecule has 0 fully saturated rings. The Bertz CT molecular complexity index is 317. The molecule has 0 radical (unpaired) electrons. The van der Waals surface area contributed by atoms with E-state index in [1.807, 2.05) is 31.2 Å². The van der Waals surface area contributed by atoms with Gasteiger partial charge in [-0.15, -0.1) is 0 Å². The van der Waals surface area contributed by atoms with E-state index in [0.29, 0.717) is 10.1 Å². The fourth-order valence-electron chi connectivity index (χ4n) is 0.891. The quantitative estimate of drug-likeness (QED) is 0.549. The molecule has 0 unspecified atom stereocenters. The van der Waals surface area contributed by atoms with Crippen LogP contribution in [-0.4, -0.2) is 11.7 Å². The Morgan fingerprint density at radius 3 is 2.79 bits per heavy atom. The van der Waals surface area contributed by atoms with Gasteiger partial charge in [0.25, 0.3) is 0 Å². The number of nitrogens with one attached hydrogen (secondary N) is 3. The maximum absolute atomic E-state index is 5.92. The Morgan fingerprint density at radius 2 is 2.14 bits per heavy atom. The summed E-state index contributed by atoms with van der Waals surface area (Å²) in [6.07, 6.45) is 0. The fourth-order valence-corrected chi connectivity index (χ4v) is 1.27. The van der Waals surface area contributed by atoms with Crippen molar-refractivity contribution in [3.8, 4) is 0 Å². The molecule has 3 nitrogen and oxygen atoms in total. The van der Waals surface area contributed by atoms with Crippen molar-refractivity contribution < 1.29 is 0 Å². The van der Waals surface area contributed by atoms with Crippen LogP contribution in [0, 0.1) is 0 Å². The van der Waals surface area contributed by atoms with Crippen LogP contribution in [0.15, 0.2) is 24.3 Å². The Labute approximate surface area is 93.8 Å². The van der Waals surface area contributed by atoms with Gasteiger partial charge in [-0.2, -0.15) is 0 Å². The zero-order chi connectivity index (χ0) is 10.4. The second-order valence-electron chi connectivity index (χ2n) is 2.59. The summed E-state index contributed by atoms with van der Waals surface area (Å²) < 4.78 is 0. The number of para-hydroxylation sites is 1. The first kappa shape index (κ1) is 11.1. The number of anilines is 1. The van der Waals surface area contributed by atoms with Crippen LogP contribution in [-0.2, 0) is 0 Å². The fraction of sp³-hybridized carbons (Fsp3) is 0.222. The van der Waals surface area contributed by atoms with Crippen molar-refractivity contribution in [2.24, 2.45) is 0 Å². The van der Waals surface area contributed by atoms with Gasteiger partial charge in [0.05, 0.1) is 10.7 Å². The van der Waals surface area contributed by atoms with Gasteiger partial charge in [0.2, 0.25) is 0 Å². The summed E-state index contributed by atoms with van der Waals surface area (Å²) in [6, 6.07) is 7.44. The Kier molecular flexibility index (Phi) is 4.49. The van der Waals surface area contributed by atoms with Gasteiger partial charge >= 0.3 is 0 Å². The number of benzene rings is 1. The van der Waals surface area contributed by atoms with Crippen LogP contribution >= 0.6 is 23.8 Å². The topological polar surface area (TPSA) is 36.1 Å². The lowest BCUT2D eigenvalue weighted by atomic mass is 10.3. The Balaban J connectivity index is 2.46. The highest BCUT2D eigenvalue weighted by atomic mass is 35.5. The normalized spacial score (nSPS) is 9.29. The SMILES string of the molecule is CCNC(=S)NNc1ccccc1Cl. The molecular formula is C9H12ClN3S. The number of halogens is 1. The number of hydrogen-bond donors (Lipinski definition) is 3. The Morgan fingerprint density at radius 1 is 1.43 bits per heavy atom. The van der Waals surface area contributed by atoms with Gasteiger partial charge in [0.1, 0.15) is 0 Å².